The fourth-order valence-electron chi connectivity index (χ4n) is 2.62. The van der Waals surface area contributed by atoms with Crippen LogP contribution in [0.2, 0.25) is 0 Å². The predicted molar refractivity (Wildman–Crippen MR) is 88.6 cm³/mol. The highest BCUT2D eigenvalue weighted by atomic mass is 16.4. The van der Waals surface area contributed by atoms with Gasteiger partial charge in [0.25, 0.3) is 0 Å². The quantitative estimate of drug-likeness (QED) is 0.941. The second-order valence-corrected chi connectivity index (χ2v) is 5.26. The maximum atomic E-state index is 12.8. The zero-order valence-corrected chi connectivity index (χ0v) is 12.9. The van der Waals surface area contributed by atoms with E-state index >= 15 is 0 Å². The fourth-order valence-corrected chi connectivity index (χ4v) is 2.62. The first kappa shape index (κ1) is 15.5. The first-order chi connectivity index (χ1) is 11.5. The number of para-hydroxylation sites is 3. The van der Waals surface area contributed by atoms with Crippen LogP contribution >= 0.6 is 0 Å². The molecule has 2 aromatic rings. The van der Waals surface area contributed by atoms with E-state index in [1.54, 1.807) is 48.5 Å². The fraction of sp³-hybridized carbons (Fsp3) is 0.118. The summed E-state index contributed by atoms with van der Waals surface area (Å²) in [5.74, 6) is -1.16. The SMILES string of the molecule is CN1C(=O)N(CC(=O)O)c2ccccc2N(c2ccccc2)C1=O. The Morgan fingerprint density at radius 3 is 2.12 bits per heavy atom. The number of carboxylic acids is 1. The van der Waals surface area contributed by atoms with Gasteiger partial charge in [0.2, 0.25) is 0 Å². The molecule has 1 aliphatic rings. The van der Waals surface area contributed by atoms with E-state index < -0.39 is 24.6 Å². The Hall–Kier alpha value is -3.35. The van der Waals surface area contributed by atoms with Gasteiger partial charge in [-0.05, 0) is 24.3 Å². The zero-order chi connectivity index (χ0) is 17.3. The van der Waals surface area contributed by atoms with Crippen LogP contribution < -0.4 is 9.80 Å². The molecule has 0 spiro atoms. The lowest BCUT2D eigenvalue weighted by Gasteiger charge is -2.24. The number of carboxylic acid groups (broad SMARTS) is 1. The van der Waals surface area contributed by atoms with Crippen LogP contribution in [0, 0.1) is 0 Å². The molecule has 0 unspecified atom stereocenters. The predicted octanol–water partition coefficient (Wildman–Crippen LogP) is 2.90. The summed E-state index contributed by atoms with van der Waals surface area (Å²) in [5.41, 5.74) is 1.41. The Kier molecular flexibility index (Phi) is 3.91. The van der Waals surface area contributed by atoms with Crippen molar-refractivity contribution in [3.05, 3.63) is 54.6 Å². The highest BCUT2D eigenvalue weighted by molar-refractivity contribution is 6.16. The lowest BCUT2D eigenvalue weighted by Crippen LogP contribution is -2.46. The molecule has 7 nitrogen and oxygen atoms in total. The van der Waals surface area contributed by atoms with Crippen LogP contribution in [0.5, 0.6) is 0 Å². The van der Waals surface area contributed by atoms with Crippen molar-refractivity contribution in [1.29, 1.82) is 0 Å². The van der Waals surface area contributed by atoms with Gasteiger partial charge in [0.05, 0.1) is 17.1 Å². The molecule has 0 aliphatic carbocycles. The number of urea groups is 2. The molecule has 0 saturated heterocycles. The van der Waals surface area contributed by atoms with Crippen LogP contribution in [-0.2, 0) is 4.79 Å². The number of carbonyl (C=O) groups excluding carboxylic acids is 2. The van der Waals surface area contributed by atoms with Crippen molar-refractivity contribution in [2.75, 3.05) is 23.4 Å². The maximum absolute atomic E-state index is 12.8. The number of hydrogen-bond donors (Lipinski definition) is 1. The standard InChI is InChI=1S/C17H15N3O4/c1-18-16(23)19(11-15(21)22)13-9-5-6-10-14(13)20(17(18)24)12-7-3-2-4-8-12/h2-10H,11H2,1H3,(H,21,22). The summed E-state index contributed by atoms with van der Waals surface area (Å²) in [6.45, 7) is -0.532. The van der Waals surface area contributed by atoms with Crippen LogP contribution in [0.4, 0.5) is 26.7 Å². The van der Waals surface area contributed by atoms with E-state index in [-0.39, 0.29) is 0 Å². The monoisotopic (exact) mass is 325 g/mol. The molecule has 0 fully saturated rings. The first-order valence-corrected chi connectivity index (χ1v) is 7.26. The summed E-state index contributed by atoms with van der Waals surface area (Å²) in [6, 6.07) is 14.4. The highest BCUT2D eigenvalue weighted by Crippen LogP contribution is 2.37. The molecule has 3 rings (SSSR count). The van der Waals surface area contributed by atoms with E-state index in [4.69, 9.17) is 5.11 Å². The molecule has 0 aromatic heterocycles. The topological polar surface area (TPSA) is 81.2 Å². The van der Waals surface area contributed by atoms with Crippen molar-refractivity contribution in [3.63, 3.8) is 0 Å². The number of benzene rings is 2. The van der Waals surface area contributed by atoms with E-state index in [1.807, 2.05) is 6.07 Å². The first-order valence-electron chi connectivity index (χ1n) is 7.26. The van der Waals surface area contributed by atoms with Crippen LogP contribution in [0.25, 0.3) is 0 Å². The second kappa shape index (κ2) is 6.04. The normalized spacial score (nSPS) is 14.5. The summed E-state index contributed by atoms with van der Waals surface area (Å²) in [7, 11) is 1.33. The van der Waals surface area contributed by atoms with Gasteiger partial charge in [0.1, 0.15) is 6.54 Å². The Balaban J connectivity index is 2.22. The molecule has 2 aromatic carbocycles. The van der Waals surface area contributed by atoms with Crippen molar-refractivity contribution in [2.24, 2.45) is 0 Å². The Morgan fingerprint density at radius 2 is 1.50 bits per heavy atom. The van der Waals surface area contributed by atoms with E-state index in [0.29, 0.717) is 17.1 Å². The maximum Gasteiger partial charge on any atom is 0.337 e. The Labute approximate surface area is 138 Å². The number of rotatable bonds is 3. The summed E-state index contributed by atoms with van der Waals surface area (Å²) < 4.78 is 0. The minimum absolute atomic E-state index is 0.367. The third-order valence-electron chi connectivity index (χ3n) is 3.72. The van der Waals surface area contributed by atoms with Gasteiger partial charge in [0.15, 0.2) is 0 Å². The minimum Gasteiger partial charge on any atom is -0.480 e. The van der Waals surface area contributed by atoms with Crippen molar-refractivity contribution in [1.82, 2.24) is 4.90 Å². The molecule has 4 amide bonds. The third-order valence-corrected chi connectivity index (χ3v) is 3.72. The highest BCUT2D eigenvalue weighted by Gasteiger charge is 2.36. The van der Waals surface area contributed by atoms with Crippen molar-refractivity contribution in [3.8, 4) is 0 Å². The number of amides is 4. The van der Waals surface area contributed by atoms with E-state index in [2.05, 4.69) is 0 Å². The van der Waals surface area contributed by atoms with Crippen molar-refractivity contribution < 1.29 is 19.5 Å². The molecule has 0 saturated carbocycles. The molecule has 0 radical (unpaired) electrons. The molecule has 0 bridgehead atoms. The molecule has 7 heteroatoms. The molecular weight excluding hydrogens is 310 g/mol. The van der Waals surface area contributed by atoms with Crippen LogP contribution in [0.1, 0.15) is 0 Å². The van der Waals surface area contributed by atoms with Gasteiger partial charge >= 0.3 is 18.0 Å². The number of hydrogen-bond acceptors (Lipinski definition) is 3. The van der Waals surface area contributed by atoms with E-state index in [1.165, 1.54) is 11.9 Å². The molecular formula is C17H15N3O4. The van der Waals surface area contributed by atoms with E-state index in [9.17, 15) is 14.4 Å². The summed E-state index contributed by atoms with van der Waals surface area (Å²) >= 11 is 0. The van der Waals surface area contributed by atoms with Gasteiger partial charge < -0.3 is 5.11 Å². The van der Waals surface area contributed by atoms with Gasteiger partial charge in [0, 0.05) is 7.05 Å². The van der Waals surface area contributed by atoms with Gasteiger partial charge in [-0.15, -0.1) is 0 Å². The van der Waals surface area contributed by atoms with Gasteiger partial charge in [-0.2, -0.15) is 0 Å². The van der Waals surface area contributed by atoms with Crippen LogP contribution in [-0.4, -0.2) is 41.6 Å². The third kappa shape index (κ3) is 2.56. The van der Waals surface area contributed by atoms with E-state index in [0.717, 1.165) is 9.80 Å². The average Bonchev–Trinajstić information content (AvgIpc) is 2.66. The minimum atomic E-state index is -1.16. The number of nitrogens with zero attached hydrogens (tertiary/aromatic N) is 3. The number of anilines is 3. The van der Waals surface area contributed by atoms with Gasteiger partial charge in [-0.25, -0.2) is 14.5 Å². The molecule has 1 aliphatic heterocycles. The lowest BCUT2D eigenvalue weighted by molar-refractivity contribution is -0.135. The lowest BCUT2D eigenvalue weighted by atomic mass is 10.2. The number of aliphatic carboxylic acids is 1. The van der Waals surface area contributed by atoms with Crippen LogP contribution in [0.3, 0.4) is 0 Å². The summed E-state index contributed by atoms with van der Waals surface area (Å²) in [4.78, 5) is 39.9. The molecule has 122 valence electrons. The Bertz CT molecular complexity index is 806. The molecule has 1 N–H and O–H groups in total. The second-order valence-electron chi connectivity index (χ2n) is 5.26. The summed E-state index contributed by atoms with van der Waals surface area (Å²) in [5, 5.41) is 9.13. The van der Waals surface area contributed by atoms with Gasteiger partial charge in [-0.1, -0.05) is 30.3 Å². The average molecular weight is 325 g/mol. The number of carbonyl (C=O) groups is 3. The molecule has 0 atom stereocenters. The molecule has 24 heavy (non-hydrogen) atoms. The Morgan fingerprint density at radius 1 is 0.917 bits per heavy atom. The van der Waals surface area contributed by atoms with Crippen molar-refractivity contribution >= 4 is 35.1 Å². The van der Waals surface area contributed by atoms with Crippen LogP contribution in [0.15, 0.2) is 54.6 Å². The largest absolute Gasteiger partial charge is 0.480 e. The number of imide groups is 1. The van der Waals surface area contributed by atoms with Gasteiger partial charge in [-0.3, -0.25) is 14.6 Å². The number of fused-ring (bicyclic) bond motifs is 1. The smallest absolute Gasteiger partial charge is 0.337 e. The molecule has 1 heterocycles. The van der Waals surface area contributed by atoms with Crippen molar-refractivity contribution in [2.45, 2.75) is 0 Å². The summed E-state index contributed by atoms with van der Waals surface area (Å²) in [6.07, 6.45) is 0. The zero-order valence-electron chi connectivity index (χ0n) is 12.9.